The lowest BCUT2D eigenvalue weighted by Gasteiger charge is -2.14. The Morgan fingerprint density at radius 3 is 2.28 bits per heavy atom. The van der Waals surface area contributed by atoms with Crippen LogP contribution in [-0.2, 0) is 0 Å². The van der Waals surface area contributed by atoms with Gasteiger partial charge in [-0.1, -0.05) is 12.1 Å². The van der Waals surface area contributed by atoms with Crippen LogP contribution in [0.25, 0.3) is 0 Å². The molecule has 0 spiro atoms. The van der Waals surface area contributed by atoms with Gasteiger partial charge in [0.15, 0.2) is 5.78 Å². The number of ether oxygens (including phenoxy) is 1. The summed E-state index contributed by atoms with van der Waals surface area (Å²) in [6.07, 6.45) is 0. The zero-order valence-electron chi connectivity index (χ0n) is 17.5. The molecule has 0 fully saturated rings. The summed E-state index contributed by atoms with van der Waals surface area (Å²) in [6, 6.07) is 17.6. The monoisotopic (exact) mass is 428 g/mol. The molecule has 3 amide bonds. The highest BCUT2D eigenvalue weighted by Crippen LogP contribution is 2.30. The molecule has 1 aliphatic rings. The first kappa shape index (κ1) is 21.0. The average molecular weight is 428 g/mol. The van der Waals surface area contributed by atoms with E-state index in [2.05, 4.69) is 5.32 Å². The highest BCUT2D eigenvalue weighted by Gasteiger charge is 2.37. The maximum Gasteiger partial charge on any atom is 0.266 e. The van der Waals surface area contributed by atoms with Gasteiger partial charge in [0.05, 0.1) is 23.4 Å². The van der Waals surface area contributed by atoms with E-state index >= 15 is 0 Å². The molecule has 0 aliphatic carbocycles. The molecule has 0 unspecified atom stereocenters. The van der Waals surface area contributed by atoms with Crippen LogP contribution in [-0.4, -0.2) is 30.1 Å². The van der Waals surface area contributed by atoms with Gasteiger partial charge in [0, 0.05) is 16.8 Å². The number of anilines is 2. The standard InChI is InChI=1S/C25H20N2O5/c1-3-32-20-10-8-19(9-11-20)27-24(30)21-12-7-17(14-22(21)25(27)31)23(29)26-18-6-4-5-16(13-18)15(2)28/h4-14H,3H2,1-2H3,(H,26,29). The van der Waals surface area contributed by atoms with Crippen molar-refractivity contribution in [2.24, 2.45) is 0 Å². The molecular formula is C25H20N2O5. The minimum atomic E-state index is -0.498. The maximum absolute atomic E-state index is 13.0. The van der Waals surface area contributed by atoms with Gasteiger partial charge in [-0.2, -0.15) is 0 Å². The van der Waals surface area contributed by atoms with E-state index in [1.807, 2.05) is 6.92 Å². The summed E-state index contributed by atoms with van der Waals surface area (Å²) in [6.45, 7) is 3.82. The molecule has 1 N–H and O–H groups in total. The zero-order valence-corrected chi connectivity index (χ0v) is 17.5. The van der Waals surface area contributed by atoms with Crippen molar-refractivity contribution in [2.45, 2.75) is 13.8 Å². The van der Waals surface area contributed by atoms with Crippen molar-refractivity contribution in [2.75, 3.05) is 16.8 Å². The molecule has 1 heterocycles. The predicted molar refractivity (Wildman–Crippen MR) is 120 cm³/mol. The van der Waals surface area contributed by atoms with Crippen molar-refractivity contribution in [3.8, 4) is 5.75 Å². The Morgan fingerprint density at radius 2 is 1.59 bits per heavy atom. The third-order valence-electron chi connectivity index (χ3n) is 5.08. The van der Waals surface area contributed by atoms with Crippen LogP contribution < -0.4 is 15.0 Å². The van der Waals surface area contributed by atoms with Crippen LogP contribution in [0.1, 0.15) is 55.3 Å². The van der Waals surface area contributed by atoms with E-state index in [-0.39, 0.29) is 22.5 Å². The van der Waals surface area contributed by atoms with Gasteiger partial charge in [0.2, 0.25) is 0 Å². The summed E-state index contributed by atoms with van der Waals surface area (Å²) in [4.78, 5) is 51.2. The summed E-state index contributed by atoms with van der Waals surface area (Å²) in [5.74, 6) is -0.872. The number of benzene rings is 3. The van der Waals surface area contributed by atoms with E-state index in [4.69, 9.17) is 4.74 Å². The Morgan fingerprint density at radius 1 is 0.875 bits per heavy atom. The lowest BCUT2D eigenvalue weighted by Crippen LogP contribution is -2.29. The molecule has 3 aromatic carbocycles. The highest BCUT2D eigenvalue weighted by molar-refractivity contribution is 6.34. The summed E-state index contributed by atoms with van der Waals surface area (Å²) >= 11 is 0. The number of nitrogens with zero attached hydrogens (tertiary/aromatic N) is 1. The molecule has 0 saturated carbocycles. The topological polar surface area (TPSA) is 92.8 Å². The number of hydrogen-bond donors (Lipinski definition) is 1. The maximum atomic E-state index is 13.0. The number of ketones is 1. The highest BCUT2D eigenvalue weighted by atomic mass is 16.5. The van der Waals surface area contributed by atoms with Crippen LogP contribution in [0.2, 0.25) is 0 Å². The lowest BCUT2D eigenvalue weighted by atomic mass is 10.0. The fourth-order valence-corrected chi connectivity index (χ4v) is 3.49. The van der Waals surface area contributed by atoms with E-state index in [1.165, 1.54) is 25.1 Å². The van der Waals surface area contributed by atoms with Crippen LogP contribution in [0.15, 0.2) is 66.7 Å². The molecule has 1 aliphatic heterocycles. The second-order valence-corrected chi connectivity index (χ2v) is 7.22. The van der Waals surface area contributed by atoms with Crippen LogP contribution in [0.4, 0.5) is 11.4 Å². The van der Waals surface area contributed by atoms with Gasteiger partial charge in [0.25, 0.3) is 17.7 Å². The van der Waals surface area contributed by atoms with E-state index in [0.717, 1.165) is 4.90 Å². The molecule has 0 aromatic heterocycles. The van der Waals surface area contributed by atoms with E-state index < -0.39 is 17.7 Å². The number of rotatable bonds is 6. The summed E-state index contributed by atoms with van der Waals surface area (Å²) in [5.41, 5.74) is 1.98. The number of carbonyl (C=O) groups is 4. The van der Waals surface area contributed by atoms with Gasteiger partial charge < -0.3 is 10.1 Å². The Bertz CT molecular complexity index is 1250. The third kappa shape index (κ3) is 3.88. The smallest absolute Gasteiger partial charge is 0.266 e. The normalized spacial score (nSPS) is 12.5. The lowest BCUT2D eigenvalue weighted by molar-refractivity contribution is 0.0924. The predicted octanol–water partition coefficient (Wildman–Crippen LogP) is 4.34. The number of nitrogens with one attached hydrogen (secondary N) is 1. The second-order valence-electron chi connectivity index (χ2n) is 7.22. The van der Waals surface area contributed by atoms with Gasteiger partial charge in [-0.05, 0) is 68.4 Å². The van der Waals surface area contributed by atoms with Gasteiger partial charge in [-0.25, -0.2) is 4.90 Å². The fourth-order valence-electron chi connectivity index (χ4n) is 3.49. The Balaban J connectivity index is 1.58. The first-order valence-electron chi connectivity index (χ1n) is 10.1. The fraction of sp³-hybridized carbons (Fsp3) is 0.120. The van der Waals surface area contributed by atoms with Crippen molar-refractivity contribution in [3.63, 3.8) is 0 Å². The molecule has 3 aromatic rings. The van der Waals surface area contributed by atoms with Crippen molar-refractivity contribution in [1.82, 2.24) is 0 Å². The molecule has 32 heavy (non-hydrogen) atoms. The van der Waals surface area contributed by atoms with Crippen LogP contribution in [0.3, 0.4) is 0 Å². The Kier molecular flexibility index (Phi) is 5.55. The van der Waals surface area contributed by atoms with E-state index in [0.29, 0.717) is 29.3 Å². The Labute approximate surface area is 184 Å². The Hall–Kier alpha value is -4.26. The quantitative estimate of drug-likeness (QED) is 0.466. The zero-order chi connectivity index (χ0) is 22.8. The summed E-state index contributed by atoms with van der Waals surface area (Å²) in [7, 11) is 0. The van der Waals surface area contributed by atoms with E-state index in [1.54, 1.807) is 48.5 Å². The molecule has 7 nitrogen and oxygen atoms in total. The van der Waals surface area contributed by atoms with Crippen molar-refractivity contribution in [1.29, 1.82) is 0 Å². The molecule has 0 saturated heterocycles. The second kappa shape index (κ2) is 8.47. The molecule has 160 valence electrons. The minimum absolute atomic E-state index is 0.114. The summed E-state index contributed by atoms with van der Waals surface area (Å²) < 4.78 is 5.40. The summed E-state index contributed by atoms with van der Waals surface area (Å²) in [5, 5.41) is 2.72. The van der Waals surface area contributed by atoms with Crippen molar-refractivity contribution >= 4 is 34.9 Å². The average Bonchev–Trinajstić information content (AvgIpc) is 3.04. The van der Waals surface area contributed by atoms with Crippen molar-refractivity contribution in [3.05, 3.63) is 89.0 Å². The van der Waals surface area contributed by atoms with Gasteiger partial charge in [-0.15, -0.1) is 0 Å². The molecule has 0 atom stereocenters. The molecule has 7 heteroatoms. The van der Waals surface area contributed by atoms with Crippen LogP contribution >= 0.6 is 0 Å². The van der Waals surface area contributed by atoms with Crippen LogP contribution in [0.5, 0.6) is 5.75 Å². The van der Waals surface area contributed by atoms with Gasteiger partial charge in [0.1, 0.15) is 5.75 Å². The number of Topliss-reactive ketones (excluding diaryl/α,β-unsaturated/α-hetero) is 1. The van der Waals surface area contributed by atoms with Gasteiger partial charge >= 0.3 is 0 Å². The van der Waals surface area contributed by atoms with Crippen LogP contribution in [0, 0.1) is 0 Å². The number of imide groups is 1. The molecule has 4 rings (SSSR count). The molecule has 0 bridgehead atoms. The largest absolute Gasteiger partial charge is 0.494 e. The molecular weight excluding hydrogens is 408 g/mol. The first-order valence-corrected chi connectivity index (χ1v) is 10.1. The first-order chi connectivity index (χ1) is 15.4. The number of hydrogen-bond acceptors (Lipinski definition) is 5. The van der Waals surface area contributed by atoms with Crippen molar-refractivity contribution < 1.29 is 23.9 Å². The van der Waals surface area contributed by atoms with Gasteiger partial charge in [-0.3, -0.25) is 19.2 Å². The number of carbonyl (C=O) groups excluding carboxylic acids is 4. The minimum Gasteiger partial charge on any atom is -0.494 e. The third-order valence-corrected chi connectivity index (χ3v) is 5.08. The van der Waals surface area contributed by atoms with E-state index in [9.17, 15) is 19.2 Å². The SMILES string of the molecule is CCOc1ccc(N2C(=O)c3ccc(C(=O)Nc4cccc(C(C)=O)c4)cc3C2=O)cc1. The number of fused-ring (bicyclic) bond motifs is 1. The number of amides is 3. The molecule has 0 radical (unpaired) electrons.